The van der Waals surface area contributed by atoms with Gasteiger partial charge in [-0.3, -0.25) is 0 Å². The minimum Gasteiger partial charge on any atom is -0.350 e. The van der Waals surface area contributed by atoms with Gasteiger partial charge in [0.05, 0.1) is 13.2 Å². The highest BCUT2D eigenvalue weighted by Gasteiger charge is 2.53. The molecule has 1 aliphatic carbocycles. The second kappa shape index (κ2) is 3.71. The molecule has 2 rings (SSSR count). The maximum Gasteiger partial charge on any atom is 0.169 e. The van der Waals surface area contributed by atoms with E-state index in [0.29, 0.717) is 16.7 Å². The summed E-state index contributed by atoms with van der Waals surface area (Å²) in [6.45, 7) is 13.5. The lowest BCUT2D eigenvalue weighted by Gasteiger charge is -2.56. The molecule has 1 spiro atoms. The van der Waals surface area contributed by atoms with Gasteiger partial charge >= 0.3 is 0 Å². The Bertz CT molecular complexity index is 242. The predicted molar refractivity (Wildman–Crippen MR) is 65.2 cm³/mol. The molecule has 0 radical (unpaired) electrons. The fraction of sp³-hybridized carbons (Fsp3) is 1.00. The Balaban J connectivity index is 2.24. The molecule has 0 aromatic heterocycles. The van der Waals surface area contributed by atoms with Gasteiger partial charge in [0.15, 0.2) is 5.79 Å². The summed E-state index contributed by atoms with van der Waals surface area (Å²) in [7, 11) is 0. The van der Waals surface area contributed by atoms with Gasteiger partial charge in [0.1, 0.15) is 0 Å². The topological polar surface area (TPSA) is 18.5 Å². The van der Waals surface area contributed by atoms with Crippen LogP contribution in [0.15, 0.2) is 0 Å². The first-order valence-corrected chi connectivity index (χ1v) is 6.55. The van der Waals surface area contributed by atoms with Crippen molar-refractivity contribution in [3.8, 4) is 0 Å². The Labute approximate surface area is 99.7 Å². The molecule has 1 heterocycles. The zero-order valence-corrected chi connectivity index (χ0v) is 11.4. The van der Waals surface area contributed by atoms with E-state index in [2.05, 4.69) is 34.6 Å². The van der Waals surface area contributed by atoms with Crippen LogP contribution in [0, 0.1) is 16.7 Å². The molecule has 2 nitrogen and oxygen atoms in total. The van der Waals surface area contributed by atoms with E-state index in [1.165, 1.54) is 0 Å². The lowest BCUT2D eigenvalue weighted by Crippen LogP contribution is -2.55. The van der Waals surface area contributed by atoms with Gasteiger partial charge in [0.2, 0.25) is 0 Å². The van der Waals surface area contributed by atoms with Crippen LogP contribution in [0.1, 0.15) is 53.9 Å². The molecule has 0 unspecified atom stereocenters. The Hall–Kier alpha value is -0.0800. The van der Waals surface area contributed by atoms with Crippen molar-refractivity contribution in [2.75, 3.05) is 13.2 Å². The highest BCUT2D eigenvalue weighted by molar-refractivity contribution is 4.99. The molecule has 94 valence electrons. The summed E-state index contributed by atoms with van der Waals surface area (Å²) >= 11 is 0. The molecule has 0 bridgehead atoms. The fourth-order valence-corrected chi connectivity index (χ4v) is 3.64. The monoisotopic (exact) mass is 226 g/mol. The molecule has 0 aromatic rings. The average molecular weight is 226 g/mol. The lowest BCUT2D eigenvalue weighted by atomic mass is 9.56. The minimum absolute atomic E-state index is 0.291. The van der Waals surface area contributed by atoms with Crippen LogP contribution in [0.25, 0.3) is 0 Å². The second-order valence-electron chi connectivity index (χ2n) is 7.01. The van der Waals surface area contributed by atoms with Crippen molar-refractivity contribution in [1.82, 2.24) is 0 Å². The van der Waals surface area contributed by atoms with Crippen molar-refractivity contribution >= 4 is 0 Å². The maximum absolute atomic E-state index is 6.00. The molecule has 0 N–H and O–H groups in total. The first-order chi connectivity index (χ1) is 7.28. The molecule has 2 aliphatic rings. The molecule has 0 aromatic carbocycles. The molecule has 1 saturated carbocycles. The molecular formula is C14H26O2. The van der Waals surface area contributed by atoms with Gasteiger partial charge in [-0.1, -0.05) is 34.6 Å². The van der Waals surface area contributed by atoms with E-state index in [1.54, 1.807) is 0 Å². The summed E-state index contributed by atoms with van der Waals surface area (Å²) in [5, 5.41) is 0. The highest BCUT2D eigenvalue weighted by Crippen LogP contribution is 2.56. The van der Waals surface area contributed by atoms with Crippen LogP contribution in [0.5, 0.6) is 0 Å². The smallest absolute Gasteiger partial charge is 0.169 e. The Morgan fingerprint density at radius 2 is 1.31 bits per heavy atom. The predicted octanol–water partition coefficient (Wildman–Crippen LogP) is 3.60. The Kier molecular flexibility index (Phi) is 2.87. The van der Waals surface area contributed by atoms with E-state index < -0.39 is 0 Å². The van der Waals surface area contributed by atoms with Crippen molar-refractivity contribution in [1.29, 1.82) is 0 Å². The summed E-state index contributed by atoms with van der Waals surface area (Å²) in [6, 6.07) is 0. The van der Waals surface area contributed by atoms with Crippen LogP contribution in [0.3, 0.4) is 0 Å². The molecular weight excluding hydrogens is 200 g/mol. The van der Waals surface area contributed by atoms with Gasteiger partial charge in [0, 0.05) is 12.8 Å². The molecule has 1 saturated heterocycles. The SMILES string of the molecule is CC1C(C)(C)CC2(CC1(C)C)OCCCO2. The van der Waals surface area contributed by atoms with Crippen LogP contribution in [0.4, 0.5) is 0 Å². The summed E-state index contributed by atoms with van der Waals surface area (Å²) < 4.78 is 12.0. The van der Waals surface area contributed by atoms with E-state index in [4.69, 9.17) is 9.47 Å². The number of ether oxygens (including phenoxy) is 2. The van der Waals surface area contributed by atoms with Gasteiger partial charge < -0.3 is 9.47 Å². The zero-order valence-electron chi connectivity index (χ0n) is 11.4. The van der Waals surface area contributed by atoms with Crippen molar-refractivity contribution in [3.63, 3.8) is 0 Å². The fourth-order valence-electron chi connectivity index (χ4n) is 3.64. The summed E-state index contributed by atoms with van der Waals surface area (Å²) in [6.07, 6.45) is 3.10. The van der Waals surface area contributed by atoms with Crippen LogP contribution in [-0.4, -0.2) is 19.0 Å². The van der Waals surface area contributed by atoms with Gasteiger partial charge in [-0.2, -0.15) is 0 Å². The summed E-state index contributed by atoms with van der Waals surface area (Å²) in [4.78, 5) is 0. The average Bonchev–Trinajstić information content (AvgIpc) is 2.14. The standard InChI is InChI=1S/C14H26O2/c1-11-12(2,3)9-14(10-13(11,4)5)15-7-6-8-16-14/h11H,6-10H2,1-5H3. The normalized spacial score (nSPS) is 32.8. The second-order valence-corrected chi connectivity index (χ2v) is 7.01. The number of hydrogen-bond acceptors (Lipinski definition) is 2. The molecule has 2 fully saturated rings. The van der Waals surface area contributed by atoms with E-state index in [-0.39, 0.29) is 5.79 Å². The van der Waals surface area contributed by atoms with E-state index in [0.717, 1.165) is 32.5 Å². The Morgan fingerprint density at radius 1 is 0.875 bits per heavy atom. The molecule has 0 amide bonds. The highest BCUT2D eigenvalue weighted by atomic mass is 16.7. The maximum atomic E-state index is 6.00. The number of hydrogen-bond donors (Lipinski definition) is 0. The third kappa shape index (κ3) is 2.02. The van der Waals surface area contributed by atoms with Crippen LogP contribution < -0.4 is 0 Å². The number of rotatable bonds is 0. The van der Waals surface area contributed by atoms with E-state index in [9.17, 15) is 0 Å². The minimum atomic E-state index is -0.294. The van der Waals surface area contributed by atoms with E-state index in [1.807, 2.05) is 0 Å². The van der Waals surface area contributed by atoms with Gasteiger partial charge in [-0.05, 0) is 23.2 Å². The van der Waals surface area contributed by atoms with Crippen LogP contribution >= 0.6 is 0 Å². The van der Waals surface area contributed by atoms with Gasteiger partial charge in [0.25, 0.3) is 0 Å². The first-order valence-electron chi connectivity index (χ1n) is 6.55. The van der Waals surface area contributed by atoms with Crippen LogP contribution in [-0.2, 0) is 9.47 Å². The van der Waals surface area contributed by atoms with Crippen LogP contribution in [0.2, 0.25) is 0 Å². The van der Waals surface area contributed by atoms with Crippen molar-refractivity contribution in [3.05, 3.63) is 0 Å². The lowest BCUT2D eigenvalue weighted by molar-refractivity contribution is -0.315. The molecule has 0 atom stereocenters. The molecule has 1 aliphatic heterocycles. The van der Waals surface area contributed by atoms with Crippen molar-refractivity contribution < 1.29 is 9.47 Å². The van der Waals surface area contributed by atoms with Crippen molar-refractivity contribution in [2.24, 2.45) is 16.7 Å². The quantitative estimate of drug-likeness (QED) is 0.628. The van der Waals surface area contributed by atoms with Crippen molar-refractivity contribution in [2.45, 2.75) is 59.7 Å². The largest absolute Gasteiger partial charge is 0.350 e. The summed E-state index contributed by atoms with van der Waals surface area (Å²) in [5.41, 5.74) is 0.582. The third-order valence-corrected chi connectivity index (χ3v) is 4.81. The Morgan fingerprint density at radius 3 is 1.75 bits per heavy atom. The first kappa shape index (κ1) is 12.4. The zero-order chi connectivity index (χ0) is 12.0. The van der Waals surface area contributed by atoms with E-state index >= 15 is 0 Å². The van der Waals surface area contributed by atoms with Gasteiger partial charge in [-0.25, -0.2) is 0 Å². The third-order valence-electron chi connectivity index (χ3n) is 4.81. The van der Waals surface area contributed by atoms with Gasteiger partial charge in [-0.15, -0.1) is 0 Å². The summed E-state index contributed by atoms with van der Waals surface area (Å²) in [5.74, 6) is 0.400. The molecule has 2 heteroatoms. The molecule has 16 heavy (non-hydrogen) atoms.